The summed E-state index contributed by atoms with van der Waals surface area (Å²) in [5, 5.41) is 12.8. The lowest BCUT2D eigenvalue weighted by molar-refractivity contribution is -0.137. The Labute approximate surface area is 208 Å². The second kappa shape index (κ2) is 11.0. The Balaban J connectivity index is 2.03. The molecular formula is C25H25ClN2O6S. The van der Waals surface area contributed by atoms with Gasteiger partial charge in [0.05, 0.1) is 11.3 Å². The molecule has 3 aromatic rings. The molecule has 0 saturated carbocycles. The number of aryl methyl sites for hydroxylation is 2. The number of hydrogen-bond donors (Lipinski definition) is 1. The molecule has 1 heterocycles. The molecule has 2 unspecified atom stereocenters. The van der Waals surface area contributed by atoms with Crippen molar-refractivity contribution in [3.63, 3.8) is 0 Å². The summed E-state index contributed by atoms with van der Waals surface area (Å²) in [6, 6.07) is 13.9. The Hall–Kier alpha value is -3.30. The number of aromatic nitrogens is 1. The van der Waals surface area contributed by atoms with Crippen LogP contribution in [0.5, 0.6) is 0 Å². The molecule has 0 spiro atoms. The largest absolute Gasteiger partial charge is 0.481 e. The van der Waals surface area contributed by atoms with Crippen molar-refractivity contribution in [2.45, 2.75) is 43.2 Å². The summed E-state index contributed by atoms with van der Waals surface area (Å²) in [6.45, 7) is 1.87. The van der Waals surface area contributed by atoms with Crippen molar-refractivity contribution in [2.75, 3.05) is 6.26 Å². The number of hydrogen-bond acceptors (Lipinski definition) is 6. The van der Waals surface area contributed by atoms with Gasteiger partial charge in [-0.15, -0.1) is 0 Å². The van der Waals surface area contributed by atoms with Gasteiger partial charge in [-0.25, -0.2) is 8.42 Å². The van der Waals surface area contributed by atoms with Gasteiger partial charge in [0, 0.05) is 36.0 Å². The third-order valence-electron chi connectivity index (χ3n) is 5.86. The van der Waals surface area contributed by atoms with Gasteiger partial charge in [-0.3, -0.25) is 9.59 Å². The fourth-order valence-corrected chi connectivity index (χ4v) is 4.88. The van der Waals surface area contributed by atoms with Crippen molar-refractivity contribution >= 4 is 27.4 Å². The number of carboxylic acids is 1. The zero-order valence-corrected chi connectivity index (χ0v) is 20.8. The molecular weight excluding hydrogens is 492 g/mol. The molecule has 2 atom stereocenters. The fourth-order valence-electron chi connectivity index (χ4n) is 4.02. The van der Waals surface area contributed by atoms with E-state index in [-0.39, 0.29) is 35.8 Å². The molecule has 1 N–H and O–H groups in total. The molecule has 0 amide bonds. The predicted molar refractivity (Wildman–Crippen MR) is 134 cm³/mol. The molecule has 35 heavy (non-hydrogen) atoms. The molecule has 0 bridgehead atoms. The van der Waals surface area contributed by atoms with E-state index in [1.165, 1.54) is 35.0 Å². The van der Waals surface area contributed by atoms with Crippen LogP contribution in [-0.4, -0.2) is 30.3 Å². The summed E-state index contributed by atoms with van der Waals surface area (Å²) in [6.07, 6.45) is 2.60. The van der Waals surface area contributed by atoms with E-state index in [9.17, 15) is 22.9 Å². The van der Waals surface area contributed by atoms with Gasteiger partial charge in [0.15, 0.2) is 9.84 Å². The average Bonchev–Trinajstić information content (AvgIpc) is 2.80. The van der Waals surface area contributed by atoms with E-state index < -0.39 is 21.8 Å². The number of aliphatic carboxylic acids is 1. The number of carbonyl (C=O) groups is 1. The first-order chi connectivity index (χ1) is 16.5. The van der Waals surface area contributed by atoms with Crippen molar-refractivity contribution in [1.29, 1.82) is 0 Å². The number of pyridine rings is 1. The molecule has 0 aliphatic rings. The third kappa shape index (κ3) is 6.64. The first-order valence-electron chi connectivity index (χ1n) is 10.8. The second-order valence-corrected chi connectivity index (χ2v) is 10.8. The number of halogens is 1. The van der Waals surface area contributed by atoms with E-state index >= 15 is 0 Å². The molecule has 3 rings (SSSR count). The van der Waals surface area contributed by atoms with Crippen molar-refractivity contribution in [2.24, 2.45) is 5.18 Å². The molecule has 0 fully saturated rings. The molecule has 0 aliphatic carbocycles. The van der Waals surface area contributed by atoms with Gasteiger partial charge in [-0.2, -0.15) is 4.91 Å². The average molecular weight is 517 g/mol. The topological polar surface area (TPSA) is 123 Å². The van der Waals surface area contributed by atoms with Gasteiger partial charge in [-0.05, 0) is 65.9 Å². The Morgan fingerprint density at radius 2 is 1.74 bits per heavy atom. The maximum Gasteiger partial charge on any atom is 0.305 e. The van der Waals surface area contributed by atoms with Crippen molar-refractivity contribution in [1.82, 2.24) is 4.57 Å². The third-order valence-corrected chi connectivity index (χ3v) is 7.23. The zero-order chi connectivity index (χ0) is 25.8. The van der Waals surface area contributed by atoms with Gasteiger partial charge in [0.2, 0.25) is 0 Å². The molecule has 0 saturated heterocycles. The van der Waals surface area contributed by atoms with Crippen molar-refractivity contribution < 1.29 is 18.3 Å². The molecule has 2 aromatic carbocycles. The summed E-state index contributed by atoms with van der Waals surface area (Å²) < 4.78 is 25.1. The molecule has 184 valence electrons. The summed E-state index contributed by atoms with van der Waals surface area (Å²) in [5.74, 6) is -1.37. The highest BCUT2D eigenvalue weighted by molar-refractivity contribution is 7.90. The highest BCUT2D eigenvalue weighted by Crippen LogP contribution is 2.38. The number of nitrogens with zero attached hydrogens (tertiary/aromatic N) is 2. The van der Waals surface area contributed by atoms with Crippen LogP contribution in [0.15, 0.2) is 75.7 Å². The number of carboxylic acid groups (broad SMARTS) is 1. The highest BCUT2D eigenvalue weighted by atomic mass is 35.5. The monoisotopic (exact) mass is 516 g/mol. The first-order valence-corrected chi connectivity index (χ1v) is 13.1. The van der Waals surface area contributed by atoms with Crippen molar-refractivity contribution in [3.05, 3.63) is 103 Å². The molecule has 0 radical (unpaired) electrons. The van der Waals surface area contributed by atoms with Crippen LogP contribution in [0, 0.1) is 11.8 Å². The Morgan fingerprint density at radius 1 is 1.09 bits per heavy atom. The maximum atomic E-state index is 12.1. The van der Waals surface area contributed by atoms with E-state index in [4.69, 9.17) is 16.7 Å². The molecule has 1 aromatic heterocycles. The minimum atomic E-state index is -3.38. The SMILES string of the molecule is Cc1cc(Cl)ccc1C(CC(N=O)c1ccc(=O)n(CCC(=O)O)c1)c1ccc(S(C)(=O)=O)cc1. The van der Waals surface area contributed by atoms with Crippen LogP contribution >= 0.6 is 11.6 Å². The normalized spacial score (nSPS) is 13.2. The van der Waals surface area contributed by atoms with Gasteiger partial charge in [0.1, 0.15) is 6.04 Å². The number of sulfone groups is 1. The predicted octanol–water partition coefficient (Wildman–Crippen LogP) is 4.72. The minimum Gasteiger partial charge on any atom is -0.481 e. The van der Waals surface area contributed by atoms with E-state index in [0.717, 1.165) is 22.9 Å². The smallest absolute Gasteiger partial charge is 0.305 e. The number of nitroso groups, excluding NO2 is 1. The lowest BCUT2D eigenvalue weighted by atomic mass is 9.83. The Bertz CT molecular complexity index is 1400. The zero-order valence-electron chi connectivity index (χ0n) is 19.2. The first kappa shape index (κ1) is 26.3. The van der Waals surface area contributed by atoms with E-state index in [0.29, 0.717) is 10.6 Å². The van der Waals surface area contributed by atoms with E-state index in [2.05, 4.69) is 5.18 Å². The van der Waals surface area contributed by atoms with Crippen LogP contribution in [0.1, 0.15) is 47.1 Å². The summed E-state index contributed by atoms with van der Waals surface area (Å²) in [4.78, 5) is 35.2. The number of rotatable bonds is 10. The van der Waals surface area contributed by atoms with Crippen LogP contribution in [0.25, 0.3) is 0 Å². The van der Waals surface area contributed by atoms with Crippen LogP contribution in [0.2, 0.25) is 5.02 Å². The second-order valence-electron chi connectivity index (χ2n) is 8.39. The lowest BCUT2D eigenvalue weighted by Gasteiger charge is -2.23. The van der Waals surface area contributed by atoms with Gasteiger partial charge >= 0.3 is 5.97 Å². The summed E-state index contributed by atoms with van der Waals surface area (Å²) in [7, 11) is -3.38. The van der Waals surface area contributed by atoms with Crippen LogP contribution < -0.4 is 5.56 Å². The van der Waals surface area contributed by atoms with Crippen LogP contribution in [0.4, 0.5) is 0 Å². The summed E-state index contributed by atoms with van der Waals surface area (Å²) >= 11 is 6.14. The van der Waals surface area contributed by atoms with Crippen molar-refractivity contribution in [3.8, 4) is 0 Å². The maximum absolute atomic E-state index is 12.1. The number of benzene rings is 2. The lowest BCUT2D eigenvalue weighted by Crippen LogP contribution is -2.21. The minimum absolute atomic E-state index is 0.0275. The Morgan fingerprint density at radius 3 is 2.31 bits per heavy atom. The highest BCUT2D eigenvalue weighted by Gasteiger charge is 2.24. The van der Waals surface area contributed by atoms with E-state index in [1.807, 2.05) is 19.1 Å². The Kier molecular flexibility index (Phi) is 8.24. The van der Waals surface area contributed by atoms with Crippen LogP contribution in [-0.2, 0) is 21.2 Å². The van der Waals surface area contributed by atoms with Gasteiger partial charge < -0.3 is 9.67 Å². The quantitative estimate of drug-likeness (QED) is 0.389. The molecule has 0 aliphatic heterocycles. The van der Waals surface area contributed by atoms with E-state index in [1.54, 1.807) is 18.2 Å². The summed E-state index contributed by atoms with van der Waals surface area (Å²) in [5.41, 5.74) is 2.69. The molecule has 10 heteroatoms. The fraction of sp³-hybridized carbons (Fsp3) is 0.280. The van der Waals surface area contributed by atoms with Crippen LogP contribution in [0.3, 0.4) is 0 Å². The molecule has 8 nitrogen and oxygen atoms in total. The van der Waals surface area contributed by atoms with Gasteiger partial charge in [-0.1, -0.05) is 35.0 Å². The standard InChI is InChI=1S/C25H25ClN2O6S/c1-16-13-19(26)6-9-21(16)22(17-3-7-20(8-4-17)35(2,33)34)14-23(27-32)18-5-10-24(29)28(15-18)12-11-25(30)31/h3-10,13,15,22-23H,11-12,14H2,1-2H3,(H,30,31). The van der Waals surface area contributed by atoms with Gasteiger partial charge in [0.25, 0.3) is 5.56 Å².